The predicted molar refractivity (Wildman–Crippen MR) is 112 cm³/mol. The van der Waals surface area contributed by atoms with E-state index in [0.717, 1.165) is 78.0 Å². The van der Waals surface area contributed by atoms with Gasteiger partial charge >= 0.3 is 0 Å². The first-order chi connectivity index (χ1) is 13.8. The maximum absolute atomic E-state index is 13.5. The second kappa shape index (κ2) is 9.71. The number of fused-ring (bicyclic) bond motifs is 1. The zero-order valence-electron chi connectivity index (χ0n) is 17.0. The monoisotopic (exact) mass is 382 g/mol. The lowest BCUT2D eigenvalue weighted by Gasteiger charge is -2.35. The number of carbonyl (C=O) groups is 1. The van der Waals surface area contributed by atoms with Crippen LogP contribution >= 0.6 is 0 Å². The topological polar surface area (TPSA) is 32.8 Å². The predicted octanol–water partition coefficient (Wildman–Crippen LogP) is 3.31. The molecule has 0 unspecified atom stereocenters. The van der Waals surface area contributed by atoms with Crippen molar-refractivity contribution in [2.45, 2.75) is 38.5 Å². The smallest absolute Gasteiger partial charge is 0.226 e. The van der Waals surface area contributed by atoms with Gasteiger partial charge in [-0.15, -0.1) is 0 Å². The third-order valence-electron chi connectivity index (χ3n) is 6.65. The van der Waals surface area contributed by atoms with Crippen LogP contribution in [-0.4, -0.2) is 61.6 Å². The molecule has 4 rings (SSSR count). The number of benzene rings is 1. The van der Waals surface area contributed by atoms with Crippen molar-refractivity contribution in [3.63, 3.8) is 0 Å². The molecular formula is C24H34N2O2. The number of morpholine rings is 1. The van der Waals surface area contributed by atoms with Crippen molar-refractivity contribution >= 4 is 5.91 Å². The molecule has 0 aromatic heterocycles. The Kier molecular flexibility index (Phi) is 6.81. The number of hydrogen-bond acceptors (Lipinski definition) is 3. The van der Waals surface area contributed by atoms with Gasteiger partial charge in [-0.2, -0.15) is 0 Å². The van der Waals surface area contributed by atoms with Crippen LogP contribution in [0.1, 0.15) is 36.8 Å². The fourth-order valence-electron chi connectivity index (χ4n) is 4.88. The number of rotatable bonds is 6. The Hall–Kier alpha value is -1.65. The number of amides is 1. The summed E-state index contributed by atoms with van der Waals surface area (Å²) in [5, 5.41) is 0. The summed E-state index contributed by atoms with van der Waals surface area (Å²) in [6.07, 6.45) is 11.0. The van der Waals surface area contributed by atoms with Gasteiger partial charge in [-0.1, -0.05) is 36.4 Å². The molecule has 1 heterocycles. The Labute approximate surface area is 169 Å². The van der Waals surface area contributed by atoms with Gasteiger partial charge in [0, 0.05) is 38.6 Å². The molecule has 1 aromatic carbocycles. The van der Waals surface area contributed by atoms with Crippen molar-refractivity contribution in [2.24, 2.45) is 11.8 Å². The highest BCUT2D eigenvalue weighted by molar-refractivity contribution is 5.79. The summed E-state index contributed by atoms with van der Waals surface area (Å²) in [4.78, 5) is 18.2. The highest BCUT2D eigenvalue weighted by atomic mass is 16.5. The Morgan fingerprint density at radius 2 is 1.93 bits per heavy atom. The van der Waals surface area contributed by atoms with E-state index in [1.807, 2.05) is 0 Å². The van der Waals surface area contributed by atoms with E-state index in [1.165, 1.54) is 17.5 Å². The maximum Gasteiger partial charge on any atom is 0.226 e. The highest BCUT2D eigenvalue weighted by Crippen LogP contribution is 2.28. The molecule has 4 heteroatoms. The van der Waals surface area contributed by atoms with Gasteiger partial charge in [0.15, 0.2) is 0 Å². The van der Waals surface area contributed by atoms with E-state index in [9.17, 15) is 4.79 Å². The van der Waals surface area contributed by atoms with Crippen LogP contribution in [0.15, 0.2) is 36.4 Å². The molecule has 0 N–H and O–H groups in total. The lowest BCUT2D eigenvalue weighted by Crippen LogP contribution is -2.46. The molecule has 0 spiro atoms. The first-order valence-corrected chi connectivity index (χ1v) is 11.1. The van der Waals surface area contributed by atoms with E-state index in [-0.39, 0.29) is 5.92 Å². The maximum atomic E-state index is 13.5. The van der Waals surface area contributed by atoms with Crippen molar-refractivity contribution in [1.29, 1.82) is 0 Å². The molecule has 3 aliphatic rings. The molecule has 0 radical (unpaired) electrons. The summed E-state index contributed by atoms with van der Waals surface area (Å²) in [6.45, 7) is 6.38. The normalized spacial score (nSPS) is 25.3. The minimum absolute atomic E-state index is 0.152. The van der Waals surface area contributed by atoms with Crippen molar-refractivity contribution < 1.29 is 9.53 Å². The molecule has 4 nitrogen and oxygen atoms in total. The Morgan fingerprint density at radius 1 is 1.11 bits per heavy atom. The summed E-state index contributed by atoms with van der Waals surface area (Å²) in [5.74, 6) is 1.16. The first-order valence-electron chi connectivity index (χ1n) is 11.1. The summed E-state index contributed by atoms with van der Waals surface area (Å²) in [5.41, 5.74) is 2.81. The SMILES string of the molecule is O=C([C@H]1CCc2ccccc2C1)N(CCN1CCOCC1)C[C@@H]1CC=CCC1. The summed E-state index contributed by atoms with van der Waals surface area (Å²) < 4.78 is 5.47. The lowest BCUT2D eigenvalue weighted by molar-refractivity contribution is -0.137. The molecule has 1 saturated heterocycles. The van der Waals surface area contributed by atoms with Gasteiger partial charge in [-0.25, -0.2) is 0 Å². The molecule has 1 fully saturated rings. The first kappa shape index (κ1) is 19.7. The van der Waals surface area contributed by atoms with Crippen molar-refractivity contribution in [3.8, 4) is 0 Å². The molecule has 0 bridgehead atoms. The van der Waals surface area contributed by atoms with Crippen LogP contribution < -0.4 is 0 Å². The highest BCUT2D eigenvalue weighted by Gasteiger charge is 2.30. The number of allylic oxidation sites excluding steroid dienone is 2. The minimum atomic E-state index is 0.152. The second-order valence-electron chi connectivity index (χ2n) is 8.60. The number of ether oxygens (including phenoxy) is 1. The van der Waals surface area contributed by atoms with Crippen LogP contribution in [0.2, 0.25) is 0 Å². The van der Waals surface area contributed by atoms with E-state index in [0.29, 0.717) is 11.8 Å². The number of carbonyl (C=O) groups excluding carboxylic acids is 1. The van der Waals surface area contributed by atoms with E-state index in [4.69, 9.17) is 4.74 Å². The van der Waals surface area contributed by atoms with Gasteiger partial charge in [-0.3, -0.25) is 9.69 Å². The number of aryl methyl sites for hydroxylation is 1. The van der Waals surface area contributed by atoms with E-state index in [1.54, 1.807) is 0 Å². The molecule has 1 aromatic rings. The molecule has 1 aliphatic heterocycles. The fraction of sp³-hybridized carbons (Fsp3) is 0.625. The van der Waals surface area contributed by atoms with Crippen LogP contribution in [0.5, 0.6) is 0 Å². The van der Waals surface area contributed by atoms with E-state index in [2.05, 4.69) is 46.2 Å². The van der Waals surface area contributed by atoms with Crippen LogP contribution in [-0.2, 0) is 22.4 Å². The second-order valence-corrected chi connectivity index (χ2v) is 8.60. The molecule has 2 atom stereocenters. The van der Waals surface area contributed by atoms with Crippen molar-refractivity contribution in [2.75, 3.05) is 45.9 Å². The van der Waals surface area contributed by atoms with E-state index >= 15 is 0 Å². The summed E-state index contributed by atoms with van der Waals surface area (Å²) >= 11 is 0. The van der Waals surface area contributed by atoms with Gasteiger partial charge in [0.1, 0.15) is 0 Å². The van der Waals surface area contributed by atoms with Crippen LogP contribution in [0, 0.1) is 11.8 Å². The Balaban J connectivity index is 1.40. The van der Waals surface area contributed by atoms with Crippen LogP contribution in [0.3, 0.4) is 0 Å². The summed E-state index contributed by atoms with van der Waals surface area (Å²) in [7, 11) is 0. The van der Waals surface area contributed by atoms with Gasteiger partial charge in [-0.05, 0) is 55.6 Å². The van der Waals surface area contributed by atoms with Crippen molar-refractivity contribution in [3.05, 3.63) is 47.5 Å². The Bertz CT molecular complexity index is 681. The van der Waals surface area contributed by atoms with Gasteiger partial charge in [0.25, 0.3) is 0 Å². The fourth-order valence-corrected chi connectivity index (χ4v) is 4.88. The molecular weight excluding hydrogens is 348 g/mol. The molecule has 152 valence electrons. The van der Waals surface area contributed by atoms with E-state index < -0.39 is 0 Å². The summed E-state index contributed by atoms with van der Waals surface area (Å²) in [6, 6.07) is 8.65. The third kappa shape index (κ3) is 5.03. The quantitative estimate of drug-likeness (QED) is 0.708. The van der Waals surface area contributed by atoms with Gasteiger partial charge < -0.3 is 9.64 Å². The lowest BCUT2D eigenvalue weighted by atomic mass is 9.83. The largest absolute Gasteiger partial charge is 0.379 e. The molecule has 0 saturated carbocycles. The Morgan fingerprint density at radius 3 is 2.71 bits per heavy atom. The molecule has 1 amide bonds. The average molecular weight is 383 g/mol. The van der Waals surface area contributed by atoms with Crippen molar-refractivity contribution in [1.82, 2.24) is 9.80 Å². The number of nitrogens with zero attached hydrogens (tertiary/aromatic N) is 2. The van der Waals surface area contributed by atoms with Gasteiger partial charge in [0.05, 0.1) is 13.2 Å². The average Bonchev–Trinajstić information content (AvgIpc) is 2.77. The zero-order chi connectivity index (χ0) is 19.2. The van der Waals surface area contributed by atoms with Crippen LogP contribution in [0.4, 0.5) is 0 Å². The van der Waals surface area contributed by atoms with Gasteiger partial charge in [0.2, 0.25) is 5.91 Å². The standard InChI is InChI=1S/C24H34N2O2/c27-24(23-11-10-21-8-4-5-9-22(21)18-23)26(19-20-6-2-1-3-7-20)13-12-25-14-16-28-17-15-25/h1-2,4-5,8-9,20,23H,3,6-7,10-19H2/t20-,23+/m1/s1. The minimum Gasteiger partial charge on any atom is -0.379 e. The number of hydrogen-bond donors (Lipinski definition) is 0. The molecule has 2 aliphatic carbocycles. The third-order valence-corrected chi connectivity index (χ3v) is 6.65. The van der Waals surface area contributed by atoms with Crippen LogP contribution in [0.25, 0.3) is 0 Å². The molecule has 28 heavy (non-hydrogen) atoms. The zero-order valence-corrected chi connectivity index (χ0v) is 17.0.